The Bertz CT molecular complexity index is 250. The molecule has 1 atom stereocenters. The van der Waals surface area contributed by atoms with E-state index >= 15 is 0 Å². The molecule has 1 heteroatoms. The molecule has 0 spiro atoms. The van der Waals surface area contributed by atoms with Crippen LogP contribution >= 0.6 is 11.6 Å². The second-order valence-corrected chi connectivity index (χ2v) is 4.28. The third-order valence-corrected chi connectivity index (χ3v) is 2.66. The van der Waals surface area contributed by atoms with Gasteiger partial charge in [-0.15, -0.1) is 0 Å². The highest BCUT2D eigenvalue weighted by Crippen LogP contribution is 2.16. The number of benzene rings is 1. The maximum atomic E-state index is 5.82. The van der Waals surface area contributed by atoms with Crippen LogP contribution in [0.15, 0.2) is 24.3 Å². The minimum atomic E-state index is 0.538. The standard InChI is InChI=1S/C13H18Cl/c1-3-4-5-11(2)10-12-6-8-13(14)9-7-12/h6-9,11H,2-5,10H2,1H3. The first-order chi connectivity index (χ1) is 6.72. The molecule has 1 rings (SSSR count). The average Bonchev–Trinajstić information content (AvgIpc) is 2.18. The summed E-state index contributed by atoms with van der Waals surface area (Å²) in [5.74, 6) is 0.538. The Morgan fingerprint density at radius 2 is 1.93 bits per heavy atom. The molecule has 0 aliphatic heterocycles. The van der Waals surface area contributed by atoms with Crippen LogP contribution in [0, 0.1) is 12.8 Å². The molecule has 0 aromatic heterocycles. The van der Waals surface area contributed by atoms with Crippen LogP contribution in [0.3, 0.4) is 0 Å². The lowest BCUT2D eigenvalue weighted by Gasteiger charge is -2.10. The van der Waals surface area contributed by atoms with Gasteiger partial charge in [0, 0.05) is 5.02 Å². The molecule has 0 heterocycles. The molecule has 0 saturated heterocycles. The van der Waals surface area contributed by atoms with Gasteiger partial charge in [0.2, 0.25) is 0 Å². The minimum absolute atomic E-state index is 0.538. The fraction of sp³-hybridized carbons (Fsp3) is 0.462. The quantitative estimate of drug-likeness (QED) is 0.669. The first kappa shape index (κ1) is 11.6. The van der Waals surface area contributed by atoms with Crippen LogP contribution < -0.4 is 0 Å². The van der Waals surface area contributed by atoms with E-state index in [0.29, 0.717) is 5.92 Å². The van der Waals surface area contributed by atoms with Gasteiger partial charge in [0.25, 0.3) is 0 Å². The molecular formula is C13H18Cl. The van der Waals surface area contributed by atoms with E-state index in [-0.39, 0.29) is 0 Å². The predicted molar refractivity (Wildman–Crippen MR) is 63.5 cm³/mol. The number of unbranched alkanes of at least 4 members (excludes halogenated alkanes) is 1. The zero-order valence-electron chi connectivity index (χ0n) is 8.80. The van der Waals surface area contributed by atoms with E-state index in [0.717, 1.165) is 11.4 Å². The zero-order valence-corrected chi connectivity index (χ0v) is 9.56. The van der Waals surface area contributed by atoms with E-state index in [4.69, 9.17) is 11.6 Å². The van der Waals surface area contributed by atoms with Crippen LogP contribution in [0.25, 0.3) is 0 Å². The van der Waals surface area contributed by atoms with E-state index in [9.17, 15) is 0 Å². The van der Waals surface area contributed by atoms with Crippen molar-refractivity contribution in [1.82, 2.24) is 0 Å². The average molecular weight is 210 g/mol. The van der Waals surface area contributed by atoms with Gasteiger partial charge in [0.05, 0.1) is 0 Å². The largest absolute Gasteiger partial charge is 0.0843 e. The fourth-order valence-corrected chi connectivity index (χ4v) is 1.67. The molecule has 0 fully saturated rings. The molecule has 1 radical (unpaired) electrons. The third-order valence-electron chi connectivity index (χ3n) is 2.40. The van der Waals surface area contributed by atoms with Gasteiger partial charge in [-0.3, -0.25) is 0 Å². The maximum absolute atomic E-state index is 5.82. The Balaban J connectivity index is 2.39. The van der Waals surface area contributed by atoms with Crippen LogP contribution in [0.1, 0.15) is 31.7 Å². The van der Waals surface area contributed by atoms with Gasteiger partial charge in [0.15, 0.2) is 0 Å². The summed E-state index contributed by atoms with van der Waals surface area (Å²) in [6.07, 6.45) is 4.82. The highest BCUT2D eigenvalue weighted by molar-refractivity contribution is 6.30. The van der Waals surface area contributed by atoms with E-state index in [2.05, 4.69) is 26.0 Å². The summed E-state index contributed by atoms with van der Waals surface area (Å²) in [6.45, 7) is 6.38. The SMILES string of the molecule is [CH2]C(CCCC)Cc1ccc(Cl)cc1. The number of hydrogen-bond acceptors (Lipinski definition) is 0. The summed E-state index contributed by atoms with van der Waals surface area (Å²) < 4.78 is 0. The lowest BCUT2D eigenvalue weighted by atomic mass is 9.96. The minimum Gasteiger partial charge on any atom is -0.0843 e. The maximum Gasteiger partial charge on any atom is 0.0406 e. The Morgan fingerprint density at radius 1 is 1.29 bits per heavy atom. The van der Waals surface area contributed by atoms with Crippen molar-refractivity contribution < 1.29 is 0 Å². The Labute approximate surface area is 92.3 Å². The Hall–Kier alpha value is -0.490. The smallest absolute Gasteiger partial charge is 0.0406 e. The van der Waals surface area contributed by atoms with Crippen molar-refractivity contribution in [2.75, 3.05) is 0 Å². The van der Waals surface area contributed by atoms with E-state index in [1.165, 1.54) is 24.8 Å². The van der Waals surface area contributed by atoms with E-state index in [1.54, 1.807) is 0 Å². The molecule has 1 unspecified atom stereocenters. The molecule has 0 amide bonds. The third kappa shape index (κ3) is 4.15. The second kappa shape index (κ2) is 6.08. The van der Waals surface area contributed by atoms with Gasteiger partial charge in [-0.1, -0.05) is 49.9 Å². The molecule has 1 aromatic carbocycles. The summed E-state index contributed by atoms with van der Waals surface area (Å²) in [5, 5.41) is 0.808. The number of halogens is 1. The molecule has 14 heavy (non-hydrogen) atoms. The van der Waals surface area contributed by atoms with Gasteiger partial charge in [-0.25, -0.2) is 0 Å². The molecule has 0 nitrogen and oxygen atoms in total. The van der Waals surface area contributed by atoms with Crippen LogP contribution in [-0.4, -0.2) is 0 Å². The molecule has 0 bridgehead atoms. The van der Waals surface area contributed by atoms with E-state index in [1.807, 2.05) is 12.1 Å². The van der Waals surface area contributed by atoms with Crippen LogP contribution in [-0.2, 0) is 6.42 Å². The van der Waals surface area contributed by atoms with Gasteiger partial charge >= 0.3 is 0 Å². The monoisotopic (exact) mass is 209 g/mol. The topological polar surface area (TPSA) is 0 Å². The fourth-order valence-electron chi connectivity index (χ4n) is 1.55. The van der Waals surface area contributed by atoms with Crippen molar-refractivity contribution in [3.05, 3.63) is 41.8 Å². The summed E-state index contributed by atoms with van der Waals surface area (Å²) in [5.41, 5.74) is 1.34. The Kier molecular flexibility index (Phi) is 5.03. The highest BCUT2D eigenvalue weighted by Gasteiger charge is 2.02. The highest BCUT2D eigenvalue weighted by atomic mass is 35.5. The first-order valence-corrected chi connectivity index (χ1v) is 5.67. The zero-order chi connectivity index (χ0) is 10.4. The molecule has 77 valence electrons. The lowest BCUT2D eigenvalue weighted by Crippen LogP contribution is -1.99. The van der Waals surface area contributed by atoms with Crippen molar-refractivity contribution in [2.24, 2.45) is 5.92 Å². The number of rotatable bonds is 5. The van der Waals surface area contributed by atoms with Gasteiger partial charge in [-0.05, 0) is 37.0 Å². The predicted octanol–water partition coefficient (Wildman–Crippen LogP) is 4.52. The van der Waals surface area contributed by atoms with Crippen molar-refractivity contribution in [1.29, 1.82) is 0 Å². The Morgan fingerprint density at radius 3 is 2.50 bits per heavy atom. The van der Waals surface area contributed by atoms with Crippen molar-refractivity contribution in [2.45, 2.75) is 32.6 Å². The molecule has 0 aliphatic carbocycles. The summed E-state index contributed by atoms with van der Waals surface area (Å²) in [7, 11) is 0. The molecule has 0 aliphatic rings. The van der Waals surface area contributed by atoms with Crippen LogP contribution in [0.4, 0.5) is 0 Å². The summed E-state index contributed by atoms with van der Waals surface area (Å²) >= 11 is 5.82. The van der Waals surface area contributed by atoms with Crippen molar-refractivity contribution in [3.63, 3.8) is 0 Å². The van der Waals surface area contributed by atoms with Gasteiger partial charge in [0.1, 0.15) is 0 Å². The van der Waals surface area contributed by atoms with Gasteiger partial charge < -0.3 is 0 Å². The summed E-state index contributed by atoms with van der Waals surface area (Å²) in [6, 6.07) is 8.08. The molecule has 0 saturated carbocycles. The summed E-state index contributed by atoms with van der Waals surface area (Å²) in [4.78, 5) is 0. The molecule has 1 aromatic rings. The van der Waals surface area contributed by atoms with Crippen LogP contribution in [0.2, 0.25) is 5.02 Å². The lowest BCUT2D eigenvalue weighted by molar-refractivity contribution is 0.549. The molecular weight excluding hydrogens is 192 g/mol. The first-order valence-electron chi connectivity index (χ1n) is 5.30. The van der Waals surface area contributed by atoms with Gasteiger partial charge in [-0.2, -0.15) is 0 Å². The van der Waals surface area contributed by atoms with Crippen molar-refractivity contribution >= 4 is 11.6 Å². The molecule has 0 N–H and O–H groups in total. The van der Waals surface area contributed by atoms with E-state index < -0.39 is 0 Å². The van der Waals surface area contributed by atoms with Crippen LogP contribution in [0.5, 0.6) is 0 Å². The second-order valence-electron chi connectivity index (χ2n) is 3.84. The number of hydrogen-bond donors (Lipinski definition) is 0. The normalized spacial score (nSPS) is 12.8. The van der Waals surface area contributed by atoms with Crippen molar-refractivity contribution in [3.8, 4) is 0 Å².